The van der Waals surface area contributed by atoms with E-state index in [2.05, 4.69) is 0 Å². The summed E-state index contributed by atoms with van der Waals surface area (Å²) in [6.07, 6.45) is 0. The van der Waals surface area contributed by atoms with Gasteiger partial charge in [-0.2, -0.15) is 0 Å². The summed E-state index contributed by atoms with van der Waals surface area (Å²) in [5, 5.41) is 29.5. The maximum Gasteiger partial charge on any atom is 0.341 e. The van der Waals surface area contributed by atoms with Gasteiger partial charge in [-0.05, 0) is 30.3 Å². The van der Waals surface area contributed by atoms with E-state index in [4.69, 9.17) is 20.9 Å². The molecule has 9 nitrogen and oxygen atoms in total. The van der Waals surface area contributed by atoms with E-state index >= 15 is 0 Å². The van der Waals surface area contributed by atoms with Crippen molar-refractivity contribution in [3.05, 3.63) is 70.3 Å². The quantitative estimate of drug-likeness (QED) is 0.301. The normalized spacial score (nSPS) is 15.0. The number of anilines is 2. The van der Waals surface area contributed by atoms with Gasteiger partial charge in [-0.25, -0.2) is 9.59 Å². The number of aromatic carboxylic acids is 1. The van der Waals surface area contributed by atoms with Crippen LogP contribution in [0.2, 0.25) is 0 Å². The summed E-state index contributed by atoms with van der Waals surface area (Å²) in [5.74, 6) is -2.18. The first-order chi connectivity index (χ1) is 14.2. The summed E-state index contributed by atoms with van der Waals surface area (Å²) >= 11 is 0. The third kappa shape index (κ3) is 2.05. The highest BCUT2D eigenvalue weighted by Crippen LogP contribution is 2.58. The number of hydrogen-bond donors (Lipinski definition) is 5. The lowest BCUT2D eigenvalue weighted by Crippen LogP contribution is -2.33. The third-order valence-electron chi connectivity index (χ3n) is 5.35. The lowest BCUT2D eigenvalue weighted by molar-refractivity contribution is 0.0222. The van der Waals surface area contributed by atoms with Crippen LogP contribution in [0.3, 0.4) is 0 Å². The van der Waals surface area contributed by atoms with Crippen molar-refractivity contribution in [2.24, 2.45) is 0 Å². The number of esters is 1. The lowest BCUT2D eigenvalue weighted by Gasteiger charge is -2.36. The van der Waals surface area contributed by atoms with Gasteiger partial charge in [0.15, 0.2) is 5.60 Å². The van der Waals surface area contributed by atoms with Crippen molar-refractivity contribution in [2.45, 2.75) is 5.60 Å². The van der Waals surface area contributed by atoms with E-state index in [0.717, 1.165) is 0 Å². The number of fused-ring (bicyclic) bond motifs is 6. The first-order valence-corrected chi connectivity index (χ1v) is 8.78. The Morgan fingerprint density at radius 2 is 1.47 bits per heavy atom. The molecule has 150 valence electrons. The van der Waals surface area contributed by atoms with Gasteiger partial charge in [0, 0.05) is 28.8 Å². The van der Waals surface area contributed by atoms with Crippen LogP contribution in [0, 0.1) is 0 Å². The molecule has 5 rings (SSSR count). The van der Waals surface area contributed by atoms with E-state index in [1.807, 2.05) is 0 Å². The van der Waals surface area contributed by atoms with Gasteiger partial charge < -0.3 is 36.3 Å². The number of hydrogen-bond acceptors (Lipinski definition) is 8. The average Bonchev–Trinajstić information content (AvgIpc) is 2.94. The van der Waals surface area contributed by atoms with Crippen molar-refractivity contribution in [1.29, 1.82) is 0 Å². The molecule has 1 spiro atoms. The number of aromatic hydroxyl groups is 2. The molecule has 0 atom stereocenters. The molecular formula is C21H14N2O7. The van der Waals surface area contributed by atoms with Gasteiger partial charge in [0.1, 0.15) is 23.0 Å². The van der Waals surface area contributed by atoms with Crippen LogP contribution >= 0.6 is 0 Å². The molecule has 9 heteroatoms. The second-order valence-electron chi connectivity index (χ2n) is 7.02. The molecule has 2 aliphatic rings. The van der Waals surface area contributed by atoms with Crippen LogP contribution in [-0.2, 0) is 10.3 Å². The molecule has 0 saturated heterocycles. The number of nitrogens with two attached hydrogens (primary N) is 2. The minimum absolute atomic E-state index is 0.0315. The van der Waals surface area contributed by atoms with E-state index in [0.29, 0.717) is 11.1 Å². The fraction of sp³-hybridized carbons (Fsp3) is 0.0476. The summed E-state index contributed by atoms with van der Waals surface area (Å²) in [4.78, 5) is 24.9. The van der Waals surface area contributed by atoms with E-state index in [1.54, 1.807) is 0 Å². The van der Waals surface area contributed by atoms with Crippen LogP contribution in [0.5, 0.6) is 23.0 Å². The standard InChI is InChI=1S/C21H14N2O7/c22-13-7-12-16(17(18(13)23)19(26)27)20(28)30-21(12)10-3-1-8(24)5-14(10)29-15-6-9(25)2-4-11(15)21/h1-7,24-25H,22-23H2,(H,26,27). The Morgan fingerprint density at radius 1 is 0.900 bits per heavy atom. The number of carbonyl (C=O) groups is 2. The molecule has 7 N–H and O–H groups in total. The number of ether oxygens (including phenoxy) is 2. The summed E-state index contributed by atoms with van der Waals surface area (Å²) in [6, 6.07) is 9.86. The second-order valence-corrected chi connectivity index (χ2v) is 7.02. The zero-order chi connectivity index (χ0) is 21.4. The summed E-state index contributed by atoms with van der Waals surface area (Å²) in [6.45, 7) is 0. The van der Waals surface area contributed by atoms with Gasteiger partial charge >= 0.3 is 11.9 Å². The monoisotopic (exact) mass is 406 g/mol. The molecule has 3 aromatic rings. The summed E-state index contributed by atoms with van der Waals surface area (Å²) < 4.78 is 11.7. The van der Waals surface area contributed by atoms with Crippen molar-refractivity contribution in [2.75, 3.05) is 11.5 Å². The molecule has 0 aliphatic carbocycles. The van der Waals surface area contributed by atoms with Crippen LogP contribution in [0.1, 0.15) is 37.4 Å². The smallest absolute Gasteiger partial charge is 0.341 e. The van der Waals surface area contributed by atoms with E-state index in [1.165, 1.54) is 42.5 Å². The molecular weight excluding hydrogens is 392 g/mol. The topological polar surface area (TPSA) is 165 Å². The highest BCUT2D eigenvalue weighted by atomic mass is 16.6. The molecule has 2 heterocycles. The highest BCUT2D eigenvalue weighted by Gasteiger charge is 2.55. The Bertz CT molecular complexity index is 1250. The number of phenols is 2. The summed E-state index contributed by atoms with van der Waals surface area (Å²) in [7, 11) is 0. The fourth-order valence-electron chi connectivity index (χ4n) is 4.11. The van der Waals surface area contributed by atoms with Gasteiger partial charge in [-0.15, -0.1) is 0 Å². The Labute approximate surface area is 168 Å². The fourth-order valence-corrected chi connectivity index (χ4v) is 4.11. The maximum absolute atomic E-state index is 13.0. The van der Waals surface area contributed by atoms with Crippen molar-refractivity contribution >= 4 is 23.3 Å². The van der Waals surface area contributed by atoms with Crippen LogP contribution < -0.4 is 16.2 Å². The van der Waals surface area contributed by atoms with Crippen molar-refractivity contribution < 1.29 is 34.4 Å². The van der Waals surface area contributed by atoms with E-state index < -0.39 is 23.1 Å². The Balaban J connectivity index is 1.95. The minimum atomic E-state index is -1.61. The molecule has 30 heavy (non-hydrogen) atoms. The van der Waals surface area contributed by atoms with Crippen molar-refractivity contribution in [1.82, 2.24) is 0 Å². The predicted octanol–water partition coefficient (Wildman–Crippen LogP) is 2.53. The summed E-state index contributed by atoms with van der Waals surface area (Å²) in [5.41, 5.74) is 10.2. The molecule has 0 fully saturated rings. The number of carbonyl (C=O) groups excluding carboxylic acids is 1. The van der Waals surface area contributed by atoms with Gasteiger partial charge in [-0.1, -0.05) is 0 Å². The lowest BCUT2D eigenvalue weighted by atomic mass is 9.76. The Hall–Kier alpha value is -4.40. The molecule has 2 aliphatic heterocycles. The number of rotatable bonds is 1. The molecule has 0 saturated carbocycles. The zero-order valence-electron chi connectivity index (χ0n) is 15.2. The second kappa shape index (κ2) is 5.57. The number of nitrogen functional groups attached to an aromatic ring is 2. The van der Waals surface area contributed by atoms with Gasteiger partial charge in [-0.3, -0.25) is 0 Å². The minimum Gasteiger partial charge on any atom is -0.508 e. The van der Waals surface area contributed by atoms with E-state index in [-0.39, 0.29) is 45.5 Å². The van der Waals surface area contributed by atoms with E-state index in [9.17, 15) is 24.9 Å². The predicted molar refractivity (Wildman–Crippen MR) is 104 cm³/mol. The number of carboxylic acid groups (broad SMARTS) is 1. The van der Waals surface area contributed by atoms with Crippen LogP contribution in [0.25, 0.3) is 0 Å². The number of benzene rings is 3. The van der Waals surface area contributed by atoms with Gasteiger partial charge in [0.05, 0.1) is 22.5 Å². The molecule has 0 radical (unpaired) electrons. The SMILES string of the molecule is Nc1cc2c(c(C(=O)O)c1N)C(=O)OC21c2ccc(O)cc2Oc2cc(O)ccc21. The first-order valence-electron chi connectivity index (χ1n) is 8.78. The maximum atomic E-state index is 13.0. The number of carboxylic acids is 1. The van der Waals surface area contributed by atoms with Crippen molar-refractivity contribution in [3.8, 4) is 23.0 Å². The van der Waals surface area contributed by atoms with Crippen LogP contribution in [0.15, 0.2) is 42.5 Å². The molecule has 0 amide bonds. The highest BCUT2D eigenvalue weighted by molar-refractivity contribution is 6.11. The zero-order valence-corrected chi connectivity index (χ0v) is 15.2. The third-order valence-corrected chi connectivity index (χ3v) is 5.35. The largest absolute Gasteiger partial charge is 0.508 e. The first kappa shape index (κ1) is 17.7. The Morgan fingerprint density at radius 3 is 2.00 bits per heavy atom. The van der Waals surface area contributed by atoms with Crippen molar-refractivity contribution in [3.63, 3.8) is 0 Å². The number of phenolic OH excluding ortho intramolecular Hbond substituents is 2. The molecule has 3 aromatic carbocycles. The van der Waals surface area contributed by atoms with Gasteiger partial charge in [0.2, 0.25) is 0 Å². The average molecular weight is 406 g/mol. The van der Waals surface area contributed by atoms with Crippen LogP contribution in [0.4, 0.5) is 11.4 Å². The van der Waals surface area contributed by atoms with Crippen LogP contribution in [-0.4, -0.2) is 27.3 Å². The van der Waals surface area contributed by atoms with Gasteiger partial charge in [0.25, 0.3) is 0 Å². The Kier molecular flexibility index (Phi) is 3.28. The molecule has 0 aromatic heterocycles. The molecule has 0 unspecified atom stereocenters. The molecule has 0 bridgehead atoms.